The van der Waals surface area contributed by atoms with Gasteiger partial charge in [-0.25, -0.2) is 8.42 Å². The number of hydrogen-bond acceptors (Lipinski definition) is 5. The molecule has 0 aliphatic heterocycles. The van der Waals surface area contributed by atoms with Crippen molar-refractivity contribution in [1.82, 2.24) is 19.9 Å². The van der Waals surface area contributed by atoms with Gasteiger partial charge in [-0.3, -0.25) is 9.78 Å². The molecule has 0 spiro atoms. The van der Waals surface area contributed by atoms with Crippen LogP contribution in [0.5, 0.6) is 0 Å². The highest BCUT2D eigenvalue weighted by atomic mass is 32.2. The predicted octanol–water partition coefficient (Wildman–Crippen LogP) is -0.182. The second-order valence-corrected chi connectivity index (χ2v) is 6.59. The summed E-state index contributed by atoms with van der Waals surface area (Å²) < 4.78 is 25.4. The number of likely N-dealkylation sites (N-methyl/N-ethyl adjacent to an activating group) is 1. The first-order valence-corrected chi connectivity index (χ1v) is 8.26. The zero-order chi connectivity index (χ0) is 15.7. The van der Waals surface area contributed by atoms with E-state index in [0.29, 0.717) is 13.1 Å². The van der Waals surface area contributed by atoms with E-state index in [4.69, 9.17) is 0 Å². The Hall–Kier alpha value is -1.51. The van der Waals surface area contributed by atoms with Crippen molar-refractivity contribution in [2.45, 2.75) is 18.2 Å². The summed E-state index contributed by atoms with van der Waals surface area (Å²) in [6.45, 7) is 3.87. The van der Waals surface area contributed by atoms with Crippen molar-refractivity contribution in [3.63, 3.8) is 0 Å². The number of nitrogens with one attached hydrogen (secondary N) is 2. The van der Waals surface area contributed by atoms with E-state index in [1.807, 2.05) is 0 Å². The lowest BCUT2D eigenvalue weighted by Gasteiger charge is -2.16. The molecule has 0 atom stereocenters. The highest BCUT2D eigenvalue weighted by molar-refractivity contribution is 7.89. The molecule has 1 amide bonds. The molecule has 1 rings (SSSR count). The molecule has 0 radical (unpaired) electrons. The number of carbonyl (C=O) groups excluding carboxylic acids is 1. The van der Waals surface area contributed by atoms with Crippen LogP contribution in [0.1, 0.15) is 13.3 Å². The number of amides is 1. The van der Waals surface area contributed by atoms with Gasteiger partial charge in [0.05, 0.1) is 6.54 Å². The smallest absolute Gasteiger partial charge is 0.244 e. The first-order chi connectivity index (χ1) is 9.98. The summed E-state index contributed by atoms with van der Waals surface area (Å²) >= 11 is 0. The summed E-state index contributed by atoms with van der Waals surface area (Å²) in [6, 6.07) is 2.99. The molecular formula is C13H22N4O3S. The van der Waals surface area contributed by atoms with E-state index in [1.165, 1.54) is 25.5 Å². The molecule has 0 saturated heterocycles. The van der Waals surface area contributed by atoms with Crippen molar-refractivity contribution in [1.29, 1.82) is 0 Å². The fourth-order valence-corrected chi connectivity index (χ4v) is 2.71. The van der Waals surface area contributed by atoms with Crippen LogP contribution in [0.2, 0.25) is 0 Å². The number of aromatic nitrogens is 1. The number of nitrogens with zero attached hydrogens (tertiary/aromatic N) is 2. The molecule has 1 aromatic heterocycles. The molecule has 0 aromatic carbocycles. The minimum atomic E-state index is -3.68. The Morgan fingerprint density at radius 2 is 2.10 bits per heavy atom. The largest absolute Gasteiger partial charge is 0.354 e. The van der Waals surface area contributed by atoms with Gasteiger partial charge in [0.25, 0.3) is 0 Å². The predicted molar refractivity (Wildman–Crippen MR) is 80.2 cm³/mol. The summed E-state index contributed by atoms with van der Waals surface area (Å²) in [4.78, 5) is 15.6. The third-order valence-electron chi connectivity index (χ3n) is 2.76. The maximum atomic E-state index is 12.2. The monoisotopic (exact) mass is 314 g/mol. The van der Waals surface area contributed by atoms with Crippen molar-refractivity contribution in [2.75, 3.05) is 33.2 Å². The first-order valence-electron chi connectivity index (χ1n) is 6.82. The Labute approximate surface area is 125 Å². The quantitative estimate of drug-likeness (QED) is 0.617. The molecule has 8 heteroatoms. The summed E-state index contributed by atoms with van der Waals surface area (Å²) in [5.74, 6) is -0.330. The van der Waals surface area contributed by atoms with Gasteiger partial charge < -0.3 is 10.6 Å². The van der Waals surface area contributed by atoms with Gasteiger partial charge in [-0.05, 0) is 25.1 Å². The third kappa shape index (κ3) is 5.78. The molecule has 118 valence electrons. The van der Waals surface area contributed by atoms with Crippen molar-refractivity contribution < 1.29 is 13.2 Å². The standard InChI is InChI=1S/C13H22N4O3S/c1-3-6-14-8-9-16-13(18)11-17(2)21(19,20)12-5-4-7-15-10-12/h4-5,7,10,14H,3,6,8-9,11H2,1-2H3,(H,16,18). The molecule has 0 aliphatic carbocycles. The van der Waals surface area contributed by atoms with Crippen LogP contribution in [0, 0.1) is 0 Å². The SMILES string of the molecule is CCCNCCNC(=O)CN(C)S(=O)(=O)c1cccnc1. The molecule has 7 nitrogen and oxygen atoms in total. The highest BCUT2D eigenvalue weighted by Crippen LogP contribution is 2.11. The molecular weight excluding hydrogens is 292 g/mol. The molecule has 0 aliphatic rings. The summed E-state index contributed by atoms with van der Waals surface area (Å²) in [5.41, 5.74) is 0. The van der Waals surface area contributed by atoms with Crippen LogP contribution in [0.25, 0.3) is 0 Å². The normalized spacial score (nSPS) is 11.6. The van der Waals surface area contributed by atoms with Crippen LogP contribution >= 0.6 is 0 Å². The van der Waals surface area contributed by atoms with Crippen LogP contribution in [0.3, 0.4) is 0 Å². The minimum absolute atomic E-state index is 0.0740. The fraction of sp³-hybridized carbons (Fsp3) is 0.538. The van der Waals surface area contributed by atoms with Gasteiger partial charge in [0.1, 0.15) is 4.90 Å². The van der Waals surface area contributed by atoms with Crippen LogP contribution < -0.4 is 10.6 Å². The van der Waals surface area contributed by atoms with E-state index in [0.717, 1.165) is 17.3 Å². The molecule has 0 unspecified atom stereocenters. The zero-order valence-electron chi connectivity index (χ0n) is 12.4. The van der Waals surface area contributed by atoms with Gasteiger partial charge in [0, 0.05) is 32.5 Å². The molecule has 1 heterocycles. The van der Waals surface area contributed by atoms with Gasteiger partial charge in [0.15, 0.2) is 0 Å². The average molecular weight is 314 g/mol. The van der Waals surface area contributed by atoms with E-state index >= 15 is 0 Å². The first kappa shape index (κ1) is 17.5. The van der Waals surface area contributed by atoms with Crippen LogP contribution in [-0.2, 0) is 14.8 Å². The lowest BCUT2D eigenvalue weighted by atomic mass is 10.4. The Balaban J connectivity index is 2.45. The van der Waals surface area contributed by atoms with Crippen molar-refractivity contribution >= 4 is 15.9 Å². The molecule has 21 heavy (non-hydrogen) atoms. The number of hydrogen-bond donors (Lipinski definition) is 2. The fourth-order valence-electron chi connectivity index (χ4n) is 1.61. The Bertz CT molecular complexity index is 534. The molecule has 1 aromatic rings. The summed E-state index contributed by atoms with van der Waals surface area (Å²) in [6.07, 6.45) is 3.79. The van der Waals surface area contributed by atoms with Crippen molar-refractivity contribution in [2.24, 2.45) is 0 Å². The van der Waals surface area contributed by atoms with Gasteiger partial charge in [-0.1, -0.05) is 6.92 Å². The Morgan fingerprint density at radius 1 is 1.33 bits per heavy atom. The van der Waals surface area contributed by atoms with Crippen LogP contribution in [0.4, 0.5) is 0 Å². The lowest BCUT2D eigenvalue weighted by Crippen LogP contribution is -2.40. The third-order valence-corrected chi connectivity index (χ3v) is 4.55. The maximum Gasteiger partial charge on any atom is 0.244 e. The van der Waals surface area contributed by atoms with E-state index < -0.39 is 10.0 Å². The van der Waals surface area contributed by atoms with Crippen LogP contribution in [-0.4, -0.2) is 56.8 Å². The number of sulfonamides is 1. The number of pyridine rings is 1. The van der Waals surface area contributed by atoms with E-state index in [9.17, 15) is 13.2 Å². The minimum Gasteiger partial charge on any atom is -0.354 e. The van der Waals surface area contributed by atoms with Gasteiger partial charge in [-0.2, -0.15) is 4.31 Å². The van der Waals surface area contributed by atoms with Gasteiger partial charge in [-0.15, -0.1) is 0 Å². The second-order valence-electron chi connectivity index (χ2n) is 4.55. The van der Waals surface area contributed by atoms with Crippen molar-refractivity contribution in [3.8, 4) is 0 Å². The maximum absolute atomic E-state index is 12.2. The molecule has 0 fully saturated rings. The Kier molecular flexibility index (Phi) is 7.27. The topological polar surface area (TPSA) is 91.4 Å². The van der Waals surface area contributed by atoms with E-state index in [-0.39, 0.29) is 17.3 Å². The molecule has 2 N–H and O–H groups in total. The summed E-state index contributed by atoms with van der Waals surface area (Å²) in [7, 11) is -2.31. The zero-order valence-corrected chi connectivity index (χ0v) is 13.2. The lowest BCUT2D eigenvalue weighted by molar-refractivity contribution is -0.121. The van der Waals surface area contributed by atoms with Crippen molar-refractivity contribution in [3.05, 3.63) is 24.5 Å². The Morgan fingerprint density at radius 3 is 2.71 bits per heavy atom. The summed E-state index contributed by atoms with van der Waals surface area (Å²) in [5, 5.41) is 5.82. The number of carbonyl (C=O) groups is 1. The number of rotatable bonds is 9. The second kappa shape index (κ2) is 8.71. The molecule has 0 saturated carbocycles. The van der Waals surface area contributed by atoms with E-state index in [2.05, 4.69) is 22.5 Å². The average Bonchev–Trinajstić information content (AvgIpc) is 2.47. The highest BCUT2D eigenvalue weighted by Gasteiger charge is 2.22. The van der Waals surface area contributed by atoms with Crippen LogP contribution in [0.15, 0.2) is 29.4 Å². The van der Waals surface area contributed by atoms with E-state index in [1.54, 1.807) is 6.07 Å². The van der Waals surface area contributed by atoms with Gasteiger partial charge >= 0.3 is 0 Å². The molecule has 0 bridgehead atoms. The van der Waals surface area contributed by atoms with Gasteiger partial charge in [0.2, 0.25) is 15.9 Å².